The van der Waals surface area contributed by atoms with E-state index in [0.29, 0.717) is 0 Å². The zero-order valence-electron chi connectivity index (χ0n) is 12.2. The van der Waals surface area contributed by atoms with Gasteiger partial charge in [0.2, 0.25) is 0 Å². The second-order valence-corrected chi connectivity index (χ2v) is 5.06. The largest absolute Gasteiger partial charge is 0.397 e. The maximum Gasteiger partial charge on any atom is 0.0705 e. The normalized spacial score (nSPS) is 10.7. The summed E-state index contributed by atoms with van der Waals surface area (Å²) in [5, 5.41) is 1.20. The average Bonchev–Trinajstić information content (AvgIpc) is 2.53. The lowest BCUT2D eigenvalue weighted by Gasteiger charge is -2.25. The van der Waals surface area contributed by atoms with Crippen molar-refractivity contribution in [2.45, 2.75) is 13.5 Å². The molecule has 0 amide bonds. The zero-order valence-corrected chi connectivity index (χ0v) is 12.2. The molecule has 0 aliphatic heterocycles. The molecule has 2 N–H and O–H groups in total. The number of nitrogens with zero attached hydrogens (tertiary/aromatic N) is 2. The summed E-state index contributed by atoms with van der Waals surface area (Å²) in [4.78, 5) is 6.71. The molecule has 0 saturated carbocycles. The fourth-order valence-electron chi connectivity index (χ4n) is 2.64. The van der Waals surface area contributed by atoms with E-state index < -0.39 is 0 Å². The number of hydrogen-bond acceptors (Lipinski definition) is 3. The van der Waals surface area contributed by atoms with Crippen LogP contribution in [0.2, 0.25) is 0 Å². The monoisotopic (exact) mass is 277 g/mol. The highest BCUT2D eigenvalue weighted by Crippen LogP contribution is 2.26. The molecule has 1 heterocycles. The number of nitrogens with two attached hydrogens (primary N) is 1. The highest BCUT2D eigenvalue weighted by molar-refractivity contribution is 5.82. The molecule has 0 aliphatic rings. The Kier molecular flexibility index (Phi) is 3.73. The minimum Gasteiger partial charge on any atom is -0.397 e. The molecule has 0 radical (unpaired) electrons. The number of anilines is 2. The van der Waals surface area contributed by atoms with Crippen LogP contribution in [-0.2, 0) is 6.54 Å². The van der Waals surface area contributed by atoms with Gasteiger partial charge in [-0.15, -0.1) is 0 Å². The second kappa shape index (κ2) is 5.83. The van der Waals surface area contributed by atoms with Crippen molar-refractivity contribution in [2.24, 2.45) is 0 Å². The predicted molar refractivity (Wildman–Crippen MR) is 89.3 cm³/mol. The first kappa shape index (κ1) is 13.4. The van der Waals surface area contributed by atoms with Crippen LogP contribution < -0.4 is 10.6 Å². The number of aromatic nitrogens is 1. The third-order valence-corrected chi connectivity index (χ3v) is 3.76. The van der Waals surface area contributed by atoms with E-state index in [0.717, 1.165) is 30.0 Å². The van der Waals surface area contributed by atoms with Crippen molar-refractivity contribution in [3.63, 3.8) is 0 Å². The standard InChI is InChI=1S/C18H19N3/c1-2-21(18-10-6-4-8-16(18)19)13-14-11-12-20-17-9-5-3-7-15(14)17/h3-12H,2,13,19H2,1H3. The molecule has 0 unspecified atom stereocenters. The van der Waals surface area contributed by atoms with Crippen molar-refractivity contribution >= 4 is 22.3 Å². The van der Waals surface area contributed by atoms with Gasteiger partial charge in [-0.1, -0.05) is 30.3 Å². The first-order valence-electron chi connectivity index (χ1n) is 7.21. The molecule has 0 atom stereocenters. The first-order chi connectivity index (χ1) is 10.3. The number of benzene rings is 2. The van der Waals surface area contributed by atoms with E-state index >= 15 is 0 Å². The summed E-state index contributed by atoms with van der Waals surface area (Å²) in [6, 6.07) is 18.3. The minimum atomic E-state index is 0.817. The summed E-state index contributed by atoms with van der Waals surface area (Å²) in [6.07, 6.45) is 1.87. The number of fused-ring (bicyclic) bond motifs is 1. The van der Waals surface area contributed by atoms with Crippen LogP contribution in [0.15, 0.2) is 60.8 Å². The van der Waals surface area contributed by atoms with Gasteiger partial charge in [-0.05, 0) is 36.8 Å². The number of pyridine rings is 1. The van der Waals surface area contributed by atoms with E-state index in [2.05, 4.69) is 41.1 Å². The van der Waals surface area contributed by atoms with Crippen molar-refractivity contribution in [2.75, 3.05) is 17.2 Å². The van der Waals surface area contributed by atoms with Crippen LogP contribution in [0.3, 0.4) is 0 Å². The molecule has 3 nitrogen and oxygen atoms in total. The van der Waals surface area contributed by atoms with Crippen molar-refractivity contribution in [3.8, 4) is 0 Å². The van der Waals surface area contributed by atoms with Crippen LogP contribution in [0.25, 0.3) is 10.9 Å². The lowest BCUT2D eigenvalue weighted by molar-refractivity contribution is 0.837. The van der Waals surface area contributed by atoms with Gasteiger partial charge in [0, 0.05) is 24.7 Å². The third-order valence-electron chi connectivity index (χ3n) is 3.76. The van der Waals surface area contributed by atoms with Gasteiger partial charge in [0.15, 0.2) is 0 Å². The maximum atomic E-state index is 6.11. The van der Waals surface area contributed by atoms with Crippen LogP contribution in [0.1, 0.15) is 12.5 Å². The Bertz CT molecular complexity index is 747. The molecule has 0 fully saturated rings. The molecule has 1 aromatic heterocycles. The lowest BCUT2D eigenvalue weighted by Crippen LogP contribution is -2.23. The van der Waals surface area contributed by atoms with E-state index in [-0.39, 0.29) is 0 Å². The number of para-hydroxylation sites is 3. The Hall–Kier alpha value is -2.55. The molecular weight excluding hydrogens is 258 g/mol. The van der Waals surface area contributed by atoms with Gasteiger partial charge in [-0.3, -0.25) is 4.98 Å². The molecule has 3 aromatic rings. The van der Waals surface area contributed by atoms with Crippen molar-refractivity contribution < 1.29 is 0 Å². The van der Waals surface area contributed by atoms with E-state index in [1.54, 1.807) is 0 Å². The van der Waals surface area contributed by atoms with Gasteiger partial charge >= 0.3 is 0 Å². The topological polar surface area (TPSA) is 42.2 Å². The van der Waals surface area contributed by atoms with Crippen LogP contribution in [0.4, 0.5) is 11.4 Å². The third kappa shape index (κ3) is 2.68. The van der Waals surface area contributed by atoms with Gasteiger partial charge in [0.25, 0.3) is 0 Å². The van der Waals surface area contributed by atoms with E-state index in [9.17, 15) is 0 Å². The SMILES string of the molecule is CCN(Cc1ccnc2ccccc12)c1ccccc1N. The summed E-state index contributed by atoms with van der Waals surface area (Å²) in [5.74, 6) is 0. The quantitative estimate of drug-likeness (QED) is 0.737. The fourth-order valence-corrected chi connectivity index (χ4v) is 2.64. The van der Waals surface area contributed by atoms with Crippen molar-refractivity contribution in [1.82, 2.24) is 4.98 Å². The van der Waals surface area contributed by atoms with Gasteiger partial charge in [-0.25, -0.2) is 0 Å². The fraction of sp³-hybridized carbons (Fsp3) is 0.167. The number of rotatable bonds is 4. The van der Waals surface area contributed by atoms with E-state index in [1.807, 2.05) is 36.5 Å². The molecule has 106 valence electrons. The maximum absolute atomic E-state index is 6.11. The van der Waals surface area contributed by atoms with Gasteiger partial charge in [0.05, 0.1) is 16.9 Å². The second-order valence-electron chi connectivity index (χ2n) is 5.06. The summed E-state index contributed by atoms with van der Waals surface area (Å²) >= 11 is 0. The number of hydrogen-bond donors (Lipinski definition) is 1. The molecule has 0 bridgehead atoms. The zero-order chi connectivity index (χ0) is 14.7. The van der Waals surface area contributed by atoms with Crippen LogP contribution >= 0.6 is 0 Å². The van der Waals surface area contributed by atoms with Gasteiger partial charge in [0.1, 0.15) is 0 Å². The lowest BCUT2D eigenvalue weighted by atomic mass is 10.1. The summed E-state index contributed by atoms with van der Waals surface area (Å²) in [5.41, 5.74) is 10.3. The Balaban J connectivity index is 1.98. The first-order valence-corrected chi connectivity index (χ1v) is 7.21. The molecule has 0 spiro atoms. The van der Waals surface area contributed by atoms with Gasteiger partial charge < -0.3 is 10.6 Å². The van der Waals surface area contributed by atoms with E-state index in [4.69, 9.17) is 5.73 Å². The molecule has 3 heteroatoms. The summed E-state index contributed by atoms with van der Waals surface area (Å²) in [6.45, 7) is 3.88. The molecule has 3 rings (SSSR count). The molecule has 0 aliphatic carbocycles. The Morgan fingerprint density at radius 3 is 2.57 bits per heavy atom. The molecule has 2 aromatic carbocycles. The van der Waals surface area contributed by atoms with Crippen LogP contribution in [0, 0.1) is 0 Å². The van der Waals surface area contributed by atoms with Crippen LogP contribution in [0.5, 0.6) is 0 Å². The highest BCUT2D eigenvalue weighted by Gasteiger charge is 2.10. The van der Waals surface area contributed by atoms with Crippen molar-refractivity contribution in [1.29, 1.82) is 0 Å². The Morgan fingerprint density at radius 2 is 1.76 bits per heavy atom. The predicted octanol–water partition coefficient (Wildman–Crippen LogP) is 3.84. The Morgan fingerprint density at radius 1 is 1.00 bits per heavy atom. The Labute approximate surface area is 125 Å². The highest BCUT2D eigenvalue weighted by atomic mass is 15.1. The molecule has 0 saturated heterocycles. The van der Waals surface area contributed by atoms with E-state index in [1.165, 1.54) is 10.9 Å². The van der Waals surface area contributed by atoms with Crippen molar-refractivity contribution in [3.05, 3.63) is 66.4 Å². The molecular formula is C18H19N3. The molecule has 21 heavy (non-hydrogen) atoms. The summed E-state index contributed by atoms with van der Waals surface area (Å²) < 4.78 is 0. The number of nitrogen functional groups attached to an aromatic ring is 1. The summed E-state index contributed by atoms with van der Waals surface area (Å²) in [7, 11) is 0. The smallest absolute Gasteiger partial charge is 0.0705 e. The van der Waals surface area contributed by atoms with Crippen LogP contribution in [-0.4, -0.2) is 11.5 Å². The average molecular weight is 277 g/mol. The minimum absolute atomic E-state index is 0.817. The van der Waals surface area contributed by atoms with Gasteiger partial charge in [-0.2, -0.15) is 0 Å².